The van der Waals surface area contributed by atoms with Crippen molar-refractivity contribution < 1.29 is 9.59 Å². The molecule has 0 aromatic heterocycles. The summed E-state index contributed by atoms with van der Waals surface area (Å²) in [5.41, 5.74) is 1.28. The lowest BCUT2D eigenvalue weighted by atomic mass is 9.98. The molecule has 0 spiro atoms. The molecular formula is C29H48N4O2. The third-order valence-electron chi connectivity index (χ3n) is 7.45. The number of nitrogens with one attached hydrogen (secondary N) is 1. The van der Waals surface area contributed by atoms with E-state index in [1.165, 1.54) is 18.5 Å². The second-order valence-corrected chi connectivity index (χ2v) is 11.3. The van der Waals surface area contributed by atoms with Crippen LogP contribution in [-0.2, 0) is 4.79 Å². The summed E-state index contributed by atoms with van der Waals surface area (Å²) in [6.07, 6.45) is 8.25. The van der Waals surface area contributed by atoms with Gasteiger partial charge in [-0.3, -0.25) is 4.79 Å². The largest absolute Gasteiger partial charge is 0.368 e. The molecule has 1 aromatic carbocycles. The van der Waals surface area contributed by atoms with E-state index in [9.17, 15) is 9.59 Å². The molecule has 0 aliphatic carbocycles. The van der Waals surface area contributed by atoms with Crippen LogP contribution >= 0.6 is 0 Å². The van der Waals surface area contributed by atoms with Gasteiger partial charge in [-0.1, -0.05) is 58.7 Å². The molecule has 2 aliphatic heterocycles. The van der Waals surface area contributed by atoms with Crippen molar-refractivity contribution >= 4 is 17.6 Å². The number of nitrogens with zero attached hydrogens (tertiary/aromatic N) is 3. The SMILES string of the molecule is CC(C)CCN(c1ccccc1)C1CCN(C(=O)C(CC(C)C)NC(=O)N2CCCCCC2)CC1. The molecule has 0 radical (unpaired) electrons. The lowest BCUT2D eigenvalue weighted by Crippen LogP contribution is -2.55. The number of rotatable bonds is 9. The minimum Gasteiger partial charge on any atom is -0.368 e. The highest BCUT2D eigenvalue weighted by molar-refractivity contribution is 5.87. The number of hydrogen-bond donors (Lipinski definition) is 1. The fourth-order valence-corrected chi connectivity index (χ4v) is 5.36. The second-order valence-electron chi connectivity index (χ2n) is 11.3. The molecule has 1 unspecified atom stereocenters. The zero-order valence-electron chi connectivity index (χ0n) is 22.5. The average molecular weight is 485 g/mol. The Labute approximate surface area is 213 Å². The van der Waals surface area contributed by atoms with Crippen molar-refractivity contribution in [3.63, 3.8) is 0 Å². The van der Waals surface area contributed by atoms with Gasteiger partial charge in [0.15, 0.2) is 0 Å². The Bertz CT molecular complexity index is 766. The molecule has 6 nitrogen and oxygen atoms in total. The maximum absolute atomic E-state index is 13.6. The summed E-state index contributed by atoms with van der Waals surface area (Å²) in [7, 11) is 0. The molecule has 1 N–H and O–H groups in total. The molecule has 6 heteroatoms. The van der Waals surface area contributed by atoms with E-state index < -0.39 is 6.04 Å². The molecule has 35 heavy (non-hydrogen) atoms. The van der Waals surface area contributed by atoms with E-state index in [1.54, 1.807) is 0 Å². The minimum absolute atomic E-state index is 0.0651. The Morgan fingerprint density at radius 3 is 2.09 bits per heavy atom. The number of carbonyl (C=O) groups excluding carboxylic acids is 2. The van der Waals surface area contributed by atoms with Gasteiger partial charge in [0.2, 0.25) is 5.91 Å². The van der Waals surface area contributed by atoms with Gasteiger partial charge < -0.3 is 20.0 Å². The van der Waals surface area contributed by atoms with Crippen molar-refractivity contribution in [2.24, 2.45) is 11.8 Å². The molecule has 2 heterocycles. The van der Waals surface area contributed by atoms with Crippen LogP contribution in [0.5, 0.6) is 0 Å². The molecule has 1 aromatic rings. The maximum Gasteiger partial charge on any atom is 0.318 e. The number of para-hydroxylation sites is 1. The number of urea groups is 1. The Morgan fingerprint density at radius 1 is 0.886 bits per heavy atom. The van der Waals surface area contributed by atoms with Gasteiger partial charge in [-0.25, -0.2) is 4.79 Å². The molecule has 1 atom stereocenters. The fourth-order valence-electron chi connectivity index (χ4n) is 5.36. The highest BCUT2D eigenvalue weighted by atomic mass is 16.2. The molecule has 3 rings (SSSR count). The summed E-state index contributed by atoms with van der Waals surface area (Å²) in [5.74, 6) is 1.09. The predicted octanol–water partition coefficient (Wildman–Crippen LogP) is 5.53. The summed E-state index contributed by atoms with van der Waals surface area (Å²) < 4.78 is 0. The van der Waals surface area contributed by atoms with Crippen molar-refractivity contribution in [3.8, 4) is 0 Å². The molecule has 0 bridgehead atoms. The molecule has 196 valence electrons. The van der Waals surface area contributed by atoms with E-state index in [1.807, 2.05) is 9.80 Å². The lowest BCUT2D eigenvalue weighted by Gasteiger charge is -2.41. The third-order valence-corrected chi connectivity index (χ3v) is 7.45. The van der Waals surface area contributed by atoms with Crippen molar-refractivity contribution in [2.75, 3.05) is 37.6 Å². The van der Waals surface area contributed by atoms with Gasteiger partial charge >= 0.3 is 6.03 Å². The monoisotopic (exact) mass is 484 g/mol. The molecule has 2 fully saturated rings. The van der Waals surface area contributed by atoms with Gasteiger partial charge in [0, 0.05) is 44.5 Å². The van der Waals surface area contributed by atoms with Crippen LogP contribution in [0.15, 0.2) is 30.3 Å². The average Bonchev–Trinajstić information content (AvgIpc) is 3.14. The normalized spacial score (nSPS) is 18.5. The number of hydrogen-bond acceptors (Lipinski definition) is 3. The lowest BCUT2D eigenvalue weighted by molar-refractivity contribution is -0.134. The quantitative estimate of drug-likeness (QED) is 0.501. The molecular weight excluding hydrogens is 436 g/mol. The number of amides is 3. The van der Waals surface area contributed by atoms with Crippen LogP contribution < -0.4 is 10.2 Å². The topological polar surface area (TPSA) is 55.9 Å². The first-order valence-corrected chi connectivity index (χ1v) is 14.0. The Balaban J connectivity index is 1.61. The first kappa shape index (κ1) is 27.3. The summed E-state index contributed by atoms with van der Waals surface area (Å²) in [5, 5.41) is 3.12. The maximum atomic E-state index is 13.6. The zero-order valence-corrected chi connectivity index (χ0v) is 22.5. The number of anilines is 1. The van der Waals surface area contributed by atoms with E-state index in [4.69, 9.17) is 0 Å². The van der Waals surface area contributed by atoms with E-state index in [0.29, 0.717) is 24.3 Å². The van der Waals surface area contributed by atoms with Crippen molar-refractivity contribution in [2.45, 2.75) is 91.1 Å². The van der Waals surface area contributed by atoms with Crippen molar-refractivity contribution in [1.82, 2.24) is 15.1 Å². The van der Waals surface area contributed by atoms with E-state index in [0.717, 1.165) is 64.8 Å². The summed E-state index contributed by atoms with van der Waals surface area (Å²) in [6.45, 7) is 12.9. The third kappa shape index (κ3) is 8.43. The van der Waals surface area contributed by atoms with Crippen LogP contribution in [0.1, 0.15) is 79.1 Å². The summed E-state index contributed by atoms with van der Waals surface area (Å²) in [4.78, 5) is 33.0. The highest BCUT2D eigenvalue weighted by Gasteiger charge is 2.32. The first-order chi connectivity index (χ1) is 16.8. The van der Waals surface area contributed by atoms with E-state index in [2.05, 4.69) is 68.2 Å². The van der Waals surface area contributed by atoms with Gasteiger partial charge in [-0.15, -0.1) is 0 Å². The first-order valence-electron chi connectivity index (χ1n) is 14.0. The van der Waals surface area contributed by atoms with Crippen molar-refractivity contribution in [3.05, 3.63) is 30.3 Å². The number of likely N-dealkylation sites (tertiary alicyclic amines) is 2. The van der Waals surface area contributed by atoms with Crippen molar-refractivity contribution in [1.29, 1.82) is 0 Å². The predicted molar refractivity (Wildman–Crippen MR) is 145 cm³/mol. The highest BCUT2D eigenvalue weighted by Crippen LogP contribution is 2.25. The van der Waals surface area contributed by atoms with Crippen LogP contribution in [0.4, 0.5) is 10.5 Å². The number of carbonyl (C=O) groups is 2. The molecule has 0 saturated carbocycles. The smallest absolute Gasteiger partial charge is 0.318 e. The number of benzene rings is 1. The van der Waals surface area contributed by atoms with E-state index in [-0.39, 0.29) is 11.9 Å². The number of piperidine rings is 1. The Kier molecular flexibility index (Phi) is 10.7. The Hall–Kier alpha value is -2.24. The van der Waals surface area contributed by atoms with Gasteiger partial charge in [0.05, 0.1) is 0 Å². The van der Waals surface area contributed by atoms with Gasteiger partial charge in [-0.05, 0) is 62.5 Å². The Morgan fingerprint density at radius 2 is 1.51 bits per heavy atom. The summed E-state index contributed by atoms with van der Waals surface area (Å²) >= 11 is 0. The van der Waals surface area contributed by atoms with Gasteiger partial charge in [0.1, 0.15) is 6.04 Å². The zero-order chi connectivity index (χ0) is 25.2. The van der Waals surface area contributed by atoms with Crippen LogP contribution in [0, 0.1) is 11.8 Å². The second kappa shape index (κ2) is 13.7. The van der Waals surface area contributed by atoms with Crippen LogP contribution in [0.3, 0.4) is 0 Å². The van der Waals surface area contributed by atoms with Crippen LogP contribution in [-0.4, -0.2) is 66.5 Å². The van der Waals surface area contributed by atoms with E-state index >= 15 is 0 Å². The minimum atomic E-state index is -0.437. The van der Waals surface area contributed by atoms with Gasteiger partial charge in [0.25, 0.3) is 0 Å². The van der Waals surface area contributed by atoms with Gasteiger partial charge in [-0.2, -0.15) is 0 Å². The van der Waals surface area contributed by atoms with Crippen LogP contribution in [0.25, 0.3) is 0 Å². The molecule has 2 saturated heterocycles. The summed E-state index contributed by atoms with van der Waals surface area (Å²) in [6, 6.07) is 10.6. The van der Waals surface area contributed by atoms with Crippen LogP contribution in [0.2, 0.25) is 0 Å². The fraction of sp³-hybridized carbons (Fsp3) is 0.724. The molecule has 2 aliphatic rings. The standard InChI is InChI=1S/C29H48N4O2/c1-23(2)14-21-33(25-12-8-7-9-13-25)26-15-19-31(20-16-26)28(34)27(22-24(3)4)30-29(35)32-17-10-5-6-11-18-32/h7-9,12-13,23-24,26-27H,5-6,10-11,14-22H2,1-4H3,(H,30,35). The molecule has 3 amide bonds.